The van der Waals surface area contributed by atoms with Crippen LogP contribution < -0.4 is 9.47 Å². The number of nitrogens with zero attached hydrogens (tertiary/aromatic N) is 2. The monoisotopic (exact) mass is 664 g/mol. The van der Waals surface area contributed by atoms with Gasteiger partial charge in [0.25, 0.3) is 5.01 Å². The highest BCUT2D eigenvalue weighted by Gasteiger charge is 2.26. The zero-order valence-corrected chi connectivity index (χ0v) is 28.8. The lowest BCUT2D eigenvalue weighted by Gasteiger charge is -2.20. The van der Waals surface area contributed by atoms with Crippen LogP contribution in [0.3, 0.4) is 0 Å². The molecule has 0 fully saturated rings. The number of aromatic nitrogens is 1. The van der Waals surface area contributed by atoms with E-state index >= 15 is 0 Å². The van der Waals surface area contributed by atoms with Gasteiger partial charge in [0, 0.05) is 22.9 Å². The van der Waals surface area contributed by atoms with Gasteiger partial charge >= 0.3 is 0 Å². The van der Waals surface area contributed by atoms with Crippen LogP contribution in [0.4, 0.5) is 5.69 Å². The van der Waals surface area contributed by atoms with Crippen LogP contribution in [-0.4, -0.2) is 19.5 Å². The van der Waals surface area contributed by atoms with E-state index in [2.05, 4.69) is 115 Å². The summed E-state index contributed by atoms with van der Waals surface area (Å²) in [5, 5.41) is 7.93. The number of fused-ring (bicyclic) bond motifs is 6. The number of allylic oxidation sites excluding steroid dienone is 2. The third kappa shape index (κ3) is 6.35. The SMILES string of the molecule is CCC(/C=C1\Sc2ccc3ccccc3c2N1CC)=C\c1sc2ccc3ccccc3c2[n+]1CC.Cc1ccc(S(=O)(=O)[O-])cc1. The standard InChI is InChI=1S/C31H29N2S2.C7H8O3S/c1-4-21(19-28-32(5-2)30-24-13-9-7-11-22(24)15-17-26(30)34-28)20-29-33(6-3)31-25-14-10-8-12-23(25)16-18-27(31)35-29;1-6-2-4-7(5-3-6)11(8,9)10/h7-20H,4-6H2,1-3H3;2-5H,1H3,(H,8,9,10)/q+1;/p-1. The van der Waals surface area contributed by atoms with Crippen LogP contribution in [0.2, 0.25) is 0 Å². The molecule has 0 saturated heterocycles. The molecule has 2 heterocycles. The first-order valence-electron chi connectivity index (χ1n) is 15.5. The van der Waals surface area contributed by atoms with Crippen molar-refractivity contribution in [3.05, 3.63) is 124 Å². The van der Waals surface area contributed by atoms with E-state index in [1.165, 1.54) is 70.1 Å². The minimum absolute atomic E-state index is 0.178. The first-order valence-corrected chi connectivity index (χ1v) is 18.5. The molecule has 8 heteroatoms. The Morgan fingerprint density at radius 2 is 1.50 bits per heavy atom. The topological polar surface area (TPSA) is 64.3 Å². The third-order valence-electron chi connectivity index (χ3n) is 8.20. The summed E-state index contributed by atoms with van der Waals surface area (Å²) in [4.78, 5) is 3.66. The lowest BCUT2D eigenvalue weighted by molar-refractivity contribution is -0.664. The molecule has 0 amide bonds. The Morgan fingerprint density at radius 3 is 2.15 bits per heavy atom. The van der Waals surface area contributed by atoms with Crippen molar-refractivity contribution < 1.29 is 17.5 Å². The molecule has 0 aliphatic carbocycles. The van der Waals surface area contributed by atoms with E-state index in [0.29, 0.717) is 0 Å². The highest BCUT2D eigenvalue weighted by atomic mass is 32.2. The maximum absolute atomic E-state index is 10.4. The molecule has 0 atom stereocenters. The smallest absolute Gasteiger partial charge is 0.263 e. The van der Waals surface area contributed by atoms with Crippen molar-refractivity contribution >= 4 is 76.7 Å². The Labute approximate surface area is 279 Å². The van der Waals surface area contributed by atoms with E-state index in [-0.39, 0.29) is 4.90 Å². The Bertz CT molecular complexity index is 2230. The summed E-state index contributed by atoms with van der Waals surface area (Å²) in [6, 6.07) is 32.3. The lowest BCUT2D eigenvalue weighted by atomic mass is 10.1. The minimum atomic E-state index is -4.27. The lowest BCUT2D eigenvalue weighted by Crippen LogP contribution is -2.33. The van der Waals surface area contributed by atoms with Crippen molar-refractivity contribution in [3.63, 3.8) is 0 Å². The molecule has 0 saturated carbocycles. The van der Waals surface area contributed by atoms with Gasteiger partial charge in [-0.05, 0) is 79.9 Å². The van der Waals surface area contributed by atoms with Gasteiger partial charge in [-0.15, -0.1) is 0 Å². The van der Waals surface area contributed by atoms with E-state index < -0.39 is 10.1 Å². The van der Waals surface area contributed by atoms with Crippen LogP contribution in [0, 0.1) is 6.92 Å². The quantitative estimate of drug-likeness (QED) is 0.131. The van der Waals surface area contributed by atoms with Crippen molar-refractivity contribution in [1.82, 2.24) is 0 Å². The Morgan fingerprint density at radius 1 is 0.848 bits per heavy atom. The summed E-state index contributed by atoms with van der Waals surface area (Å²) in [6.07, 6.45) is 5.81. The highest BCUT2D eigenvalue weighted by Crippen LogP contribution is 2.49. The molecule has 5 aromatic carbocycles. The Balaban J connectivity index is 0.000000288. The second kappa shape index (κ2) is 13.4. The molecule has 5 nitrogen and oxygen atoms in total. The van der Waals surface area contributed by atoms with Crippen molar-refractivity contribution in [1.29, 1.82) is 0 Å². The second-order valence-electron chi connectivity index (χ2n) is 11.1. The fraction of sp³-hybridized carbons (Fsp3) is 0.184. The van der Waals surface area contributed by atoms with Gasteiger partial charge in [-0.25, -0.2) is 8.42 Å². The normalized spacial score (nSPS) is 14.2. The van der Waals surface area contributed by atoms with E-state index in [4.69, 9.17) is 0 Å². The average molecular weight is 665 g/mol. The molecule has 0 bridgehead atoms. The van der Waals surface area contributed by atoms with Crippen molar-refractivity contribution in [2.24, 2.45) is 0 Å². The molecule has 1 aliphatic heterocycles. The largest absolute Gasteiger partial charge is 0.744 e. The zero-order chi connectivity index (χ0) is 32.4. The van der Waals surface area contributed by atoms with Gasteiger partial charge in [-0.1, -0.05) is 102 Å². The van der Waals surface area contributed by atoms with Crippen LogP contribution in [0.15, 0.2) is 124 Å². The summed E-state index contributed by atoms with van der Waals surface area (Å²) in [5.41, 5.74) is 5.00. The van der Waals surface area contributed by atoms with Crippen LogP contribution in [0.5, 0.6) is 0 Å². The number of thioether (sulfide) groups is 1. The van der Waals surface area contributed by atoms with E-state index in [9.17, 15) is 13.0 Å². The van der Waals surface area contributed by atoms with Crippen molar-refractivity contribution in [2.75, 3.05) is 11.4 Å². The van der Waals surface area contributed by atoms with Crippen LogP contribution in [-0.2, 0) is 16.7 Å². The molecule has 0 radical (unpaired) electrons. The predicted octanol–water partition coefficient (Wildman–Crippen LogP) is 9.68. The number of thiazole rings is 1. The number of aryl methyl sites for hydroxylation is 2. The van der Waals surface area contributed by atoms with Crippen LogP contribution >= 0.6 is 23.1 Å². The first kappa shape index (κ1) is 32.0. The molecular formula is C38H36N2O3S3. The summed E-state index contributed by atoms with van der Waals surface area (Å²) in [7, 11) is -4.27. The fourth-order valence-electron chi connectivity index (χ4n) is 5.86. The first-order chi connectivity index (χ1) is 22.2. The number of anilines is 1. The molecule has 1 aromatic heterocycles. The third-order valence-corrected chi connectivity index (χ3v) is 11.2. The van der Waals surface area contributed by atoms with Crippen molar-refractivity contribution in [2.45, 2.75) is 50.5 Å². The molecule has 7 rings (SSSR count). The van der Waals surface area contributed by atoms with Gasteiger partial charge in [0.2, 0.25) is 5.52 Å². The van der Waals surface area contributed by atoms with E-state index in [1.807, 2.05) is 30.0 Å². The summed E-state index contributed by atoms with van der Waals surface area (Å²) >= 11 is 3.80. The minimum Gasteiger partial charge on any atom is -0.744 e. The Hall–Kier alpha value is -3.95. The number of benzene rings is 5. The molecule has 234 valence electrons. The number of hydrogen-bond donors (Lipinski definition) is 0. The summed E-state index contributed by atoms with van der Waals surface area (Å²) in [5.74, 6) is 0. The van der Waals surface area contributed by atoms with Gasteiger partial charge in [-0.2, -0.15) is 4.57 Å². The molecule has 0 unspecified atom stereocenters. The van der Waals surface area contributed by atoms with E-state index in [0.717, 1.165) is 25.1 Å². The fourth-order valence-corrected chi connectivity index (χ4v) is 8.77. The van der Waals surface area contributed by atoms with Gasteiger partial charge < -0.3 is 9.45 Å². The summed E-state index contributed by atoms with van der Waals surface area (Å²) < 4.78 is 35.0. The average Bonchev–Trinajstić information content (AvgIpc) is 3.61. The zero-order valence-electron chi connectivity index (χ0n) is 26.4. The predicted molar refractivity (Wildman–Crippen MR) is 194 cm³/mol. The van der Waals surface area contributed by atoms with E-state index in [1.54, 1.807) is 12.1 Å². The van der Waals surface area contributed by atoms with Crippen molar-refractivity contribution in [3.8, 4) is 0 Å². The molecular weight excluding hydrogens is 629 g/mol. The van der Waals surface area contributed by atoms with Gasteiger partial charge in [0.1, 0.15) is 21.4 Å². The molecule has 46 heavy (non-hydrogen) atoms. The molecule has 0 spiro atoms. The highest BCUT2D eigenvalue weighted by molar-refractivity contribution is 8.03. The number of rotatable bonds is 6. The van der Waals surface area contributed by atoms with Gasteiger partial charge in [0.15, 0.2) is 0 Å². The van der Waals surface area contributed by atoms with Gasteiger partial charge in [-0.3, -0.25) is 0 Å². The molecule has 1 aliphatic rings. The second-order valence-corrected chi connectivity index (χ2v) is 14.6. The summed E-state index contributed by atoms with van der Waals surface area (Å²) in [6.45, 7) is 10.5. The number of hydrogen-bond acceptors (Lipinski definition) is 6. The maximum Gasteiger partial charge on any atom is 0.263 e. The Kier molecular flexibility index (Phi) is 9.34. The van der Waals surface area contributed by atoms with Crippen LogP contribution in [0.1, 0.15) is 37.8 Å². The van der Waals surface area contributed by atoms with Gasteiger partial charge in [0.05, 0.1) is 21.0 Å². The maximum atomic E-state index is 10.4. The molecule has 6 aromatic rings. The molecule has 0 N–H and O–H groups in total. The van der Waals surface area contributed by atoms with Crippen LogP contribution in [0.25, 0.3) is 37.8 Å².